The first-order chi connectivity index (χ1) is 10.0. The predicted octanol–water partition coefficient (Wildman–Crippen LogP) is 3.80. The average molecular weight is 289 g/mol. The molecule has 0 aliphatic heterocycles. The number of halogens is 1. The first-order valence-electron chi connectivity index (χ1n) is 7.54. The highest BCUT2D eigenvalue weighted by Gasteiger charge is 2.15. The van der Waals surface area contributed by atoms with E-state index in [1.165, 1.54) is 6.07 Å². The van der Waals surface area contributed by atoms with Gasteiger partial charge >= 0.3 is 0 Å². The molecule has 2 aromatic rings. The van der Waals surface area contributed by atoms with Gasteiger partial charge < -0.3 is 5.32 Å². The molecular weight excluding hydrogens is 265 g/mol. The molecule has 0 aliphatic rings. The highest BCUT2D eigenvalue weighted by molar-refractivity contribution is 5.30. The van der Waals surface area contributed by atoms with E-state index in [0.717, 1.165) is 29.8 Å². The summed E-state index contributed by atoms with van der Waals surface area (Å²) in [5.41, 5.74) is 3.17. The van der Waals surface area contributed by atoms with E-state index in [9.17, 15) is 4.39 Å². The van der Waals surface area contributed by atoms with Crippen molar-refractivity contribution in [2.24, 2.45) is 0 Å². The number of aryl methyl sites for hydroxylation is 1. The van der Waals surface area contributed by atoms with Gasteiger partial charge in [-0.05, 0) is 56.6 Å². The minimum Gasteiger partial charge on any atom is -0.310 e. The summed E-state index contributed by atoms with van der Waals surface area (Å²) < 4.78 is 15.2. The number of hydrogen-bond acceptors (Lipinski definition) is 2. The van der Waals surface area contributed by atoms with Gasteiger partial charge in [0, 0.05) is 24.7 Å². The van der Waals surface area contributed by atoms with Crippen molar-refractivity contribution in [3.63, 3.8) is 0 Å². The molecule has 0 saturated carbocycles. The molecule has 0 amide bonds. The van der Waals surface area contributed by atoms with Crippen LogP contribution in [0.2, 0.25) is 0 Å². The first kappa shape index (κ1) is 15.7. The molecule has 0 saturated heterocycles. The van der Waals surface area contributed by atoms with Crippen LogP contribution in [-0.4, -0.2) is 16.3 Å². The fourth-order valence-electron chi connectivity index (χ4n) is 2.55. The van der Waals surface area contributed by atoms with Crippen molar-refractivity contribution in [2.45, 2.75) is 46.2 Å². The summed E-state index contributed by atoms with van der Waals surface area (Å²) in [6, 6.07) is 7.57. The highest BCUT2D eigenvalue weighted by Crippen LogP contribution is 2.22. The lowest BCUT2D eigenvalue weighted by Crippen LogP contribution is -2.24. The summed E-state index contributed by atoms with van der Waals surface area (Å²) in [5, 5.41) is 8.08. The van der Waals surface area contributed by atoms with Crippen LogP contribution in [0.3, 0.4) is 0 Å². The lowest BCUT2D eigenvalue weighted by molar-refractivity contribution is 0.505. The second-order valence-electron chi connectivity index (χ2n) is 5.70. The largest absolute Gasteiger partial charge is 0.310 e. The number of aromatic nitrogens is 2. The molecule has 1 aromatic carbocycles. The molecule has 1 atom stereocenters. The molecule has 0 radical (unpaired) electrons. The zero-order valence-corrected chi connectivity index (χ0v) is 13.2. The van der Waals surface area contributed by atoms with Gasteiger partial charge in [0.2, 0.25) is 0 Å². The Morgan fingerprint density at radius 2 is 2.05 bits per heavy atom. The summed E-state index contributed by atoms with van der Waals surface area (Å²) in [5.74, 6) is -0.185. The molecule has 3 nitrogen and oxygen atoms in total. The summed E-state index contributed by atoms with van der Waals surface area (Å²) in [4.78, 5) is 0. The SMILES string of the molecule is CCNC(Cc1ccn(C(C)C)n1)c1ccc(F)cc1C. The molecule has 114 valence electrons. The summed E-state index contributed by atoms with van der Waals surface area (Å²) >= 11 is 0. The maximum absolute atomic E-state index is 13.3. The van der Waals surface area contributed by atoms with Gasteiger partial charge in [-0.1, -0.05) is 13.0 Å². The molecule has 1 heterocycles. The van der Waals surface area contributed by atoms with Crippen LogP contribution >= 0.6 is 0 Å². The zero-order chi connectivity index (χ0) is 15.4. The van der Waals surface area contributed by atoms with Crippen molar-refractivity contribution in [2.75, 3.05) is 6.54 Å². The van der Waals surface area contributed by atoms with Crippen molar-refractivity contribution < 1.29 is 4.39 Å². The third-order valence-corrected chi connectivity index (χ3v) is 3.66. The smallest absolute Gasteiger partial charge is 0.123 e. The zero-order valence-electron chi connectivity index (χ0n) is 13.2. The Morgan fingerprint density at radius 3 is 2.62 bits per heavy atom. The summed E-state index contributed by atoms with van der Waals surface area (Å²) in [6.45, 7) is 9.13. The topological polar surface area (TPSA) is 29.9 Å². The van der Waals surface area contributed by atoms with Crippen LogP contribution in [0, 0.1) is 12.7 Å². The molecule has 0 spiro atoms. The van der Waals surface area contributed by atoms with Crippen molar-refractivity contribution in [3.05, 3.63) is 53.1 Å². The number of likely N-dealkylation sites (N-methyl/N-ethyl adjacent to an activating group) is 1. The van der Waals surface area contributed by atoms with E-state index in [1.54, 1.807) is 6.07 Å². The molecule has 1 unspecified atom stereocenters. The monoisotopic (exact) mass is 289 g/mol. The maximum Gasteiger partial charge on any atom is 0.123 e. The van der Waals surface area contributed by atoms with Crippen LogP contribution < -0.4 is 5.32 Å². The molecule has 0 fully saturated rings. The fourth-order valence-corrected chi connectivity index (χ4v) is 2.55. The predicted molar refractivity (Wildman–Crippen MR) is 83.9 cm³/mol. The van der Waals surface area contributed by atoms with Gasteiger partial charge in [0.25, 0.3) is 0 Å². The second kappa shape index (κ2) is 6.85. The van der Waals surface area contributed by atoms with Crippen molar-refractivity contribution in [1.82, 2.24) is 15.1 Å². The van der Waals surface area contributed by atoms with Crippen molar-refractivity contribution in [3.8, 4) is 0 Å². The van der Waals surface area contributed by atoms with E-state index in [2.05, 4.69) is 37.3 Å². The number of nitrogens with one attached hydrogen (secondary N) is 1. The van der Waals surface area contributed by atoms with Crippen LogP contribution in [0.4, 0.5) is 4.39 Å². The quantitative estimate of drug-likeness (QED) is 0.876. The summed E-state index contributed by atoms with van der Waals surface area (Å²) in [6.07, 6.45) is 2.82. The Kier molecular flexibility index (Phi) is 5.12. The van der Waals surface area contributed by atoms with Crippen LogP contribution in [0.15, 0.2) is 30.5 Å². The fraction of sp³-hybridized carbons (Fsp3) is 0.471. The van der Waals surface area contributed by atoms with Crippen LogP contribution in [0.5, 0.6) is 0 Å². The highest BCUT2D eigenvalue weighted by atomic mass is 19.1. The number of hydrogen-bond donors (Lipinski definition) is 1. The second-order valence-corrected chi connectivity index (χ2v) is 5.70. The normalized spacial score (nSPS) is 12.9. The molecule has 2 rings (SSSR count). The van der Waals surface area contributed by atoms with Crippen LogP contribution in [0.25, 0.3) is 0 Å². The van der Waals surface area contributed by atoms with Gasteiger partial charge in [0.05, 0.1) is 5.69 Å². The van der Waals surface area contributed by atoms with Gasteiger partial charge in [-0.3, -0.25) is 4.68 Å². The standard InChI is InChI=1S/C17H24FN3/c1-5-19-17(16-7-6-14(18)10-13(16)4)11-15-8-9-21(20-15)12(2)3/h6-10,12,17,19H,5,11H2,1-4H3. The van der Waals surface area contributed by atoms with Gasteiger partial charge in [-0.15, -0.1) is 0 Å². The minimum atomic E-state index is -0.185. The Morgan fingerprint density at radius 1 is 1.29 bits per heavy atom. The van der Waals surface area contributed by atoms with E-state index in [-0.39, 0.29) is 11.9 Å². The van der Waals surface area contributed by atoms with Crippen LogP contribution in [-0.2, 0) is 6.42 Å². The van der Waals surface area contributed by atoms with E-state index in [4.69, 9.17) is 0 Å². The van der Waals surface area contributed by atoms with Crippen LogP contribution in [0.1, 0.15) is 49.7 Å². The molecule has 21 heavy (non-hydrogen) atoms. The number of nitrogens with zero attached hydrogens (tertiary/aromatic N) is 2. The Hall–Kier alpha value is -1.68. The van der Waals surface area contributed by atoms with Gasteiger partial charge in [-0.25, -0.2) is 4.39 Å². The van der Waals surface area contributed by atoms with E-state index < -0.39 is 0 Å². The third kappa shape index (κ3) is 3.91. The average Bonchev–Trinajstić information content (AvgIpc) is 2.87. The van der Waals surface area contributed by atoms with E-state index in [1.807, 2.05) is 23.9 Å². The summed E-state index contributed by atoms with van der Waals surface area (Å²) in [7, 11) is 0. The molecule has 4 heteroatoms. The minimum absolute atomic E-state index is 0.158. The van der Waals surface area contributed by atoms with E-state index in [0.29, 0.717) is 6.04 Å². The molecule has 0 aliphatic carbocycles. The van der Waals surface area contributed by atoms with Gasteiger partial charge in [-0.2, -0.15) is 5.10 Å². The maximum atomic E-state index is 13.3. The molecular formula is C17H24FN3. The lowest BCUT2D eigenvalue weighted by Gasteiger charge is -2.19. The lowest BCUT2D eigenvalue weighted by atomic mass is 9.97. The Balaban J connectivity index is 2.21. The molecule has 1 N–H and O–H groups in total. The van der Waals surface area contributed by atoms with Crippen molar-refractivity contribution in [1.29, 1.82) is 0 Å². The first-order valence-corrected chi connectivity index (χ1v) is 7.54. The van der Waals surface area contributed by atoms with Gasteiger partial charge in [0.15, 0.2) is 0 Å². The number of benzene rings is 1. The third-order valence-electron chi connectivity index (χ3n) is 3.66. The molecule has 0 bridgehead atoms. The Bertz CT molecular complexity index is 589. The van der Waals surface area contributed by atoms with Crippen molar-refractivity contribution >= 4 is 0 Å². The van der Waals surface area contributed by atoms with E-state index >= 15 is 0 Å². The Labute approximate surface area is 126 Å². The van der Waals surface area contributed by atoms with Gasteiger partial charge in [0.1, 0.15) is 5.82 Å². The molecule has 1 aromatic heterocycles. The number of rotatable bonds is 6.